The molecule has 0 aromatic heterocycles. The van der Waals surface area contributed by atoms with E-state index in [2.05, 4.69) is 99.3 Å². The van der Waals surface area contributed by atoms with Crippen LogP contribution in [0.5, 0.6) is 0 Å². The minimum absolute atomic E-state index is 0.206. The second-order valence-corrected chi connectivity index (χ2v) is 8.65. The molecular weight excluding hydrogens is 352 g/mol. The zero-order valence-corrected chi connectivity index (χ0v) is 17.9. The molecule has 148 valence electrons. The van der Waals surface area contributed by atoms with Crippen molar-refractivity contribution < 1.29 is 0 Å². The Balaban J connectivity index is 1.56. The third-order valence-corrected chi connectivity index (χ3v) is 6.06. The summed E-state index contributed by atoms with van der Waals surface area (Å²) >= 11 is 0. The van der Waals surface area contributed by atoms with Crippen molar-refractivity contribution in [2.24, 2.45) is 4.99 Å². The summed E-state index contributed by atoms with van der Waals surface area (Å²) in [6.45, 7) is 10.3. The summed E-state index contributed by atoms with van der Waals surface area (Å²) in [5.74, 6) is 0.557. The molecule has 0 saturated heterocycles. The van der Waals surface area contributed by atoms with E-state index in [4.69, 9.17) is 4.99 Å². The molecule has 1 atom stereocenters. The zero-order chi connectivity index (χ0) is 20.4. The highest BCUT2D eigenvalue weighted by Gasteiger charge is 2.35. The van der Waals surface area contributed by atoms with E-state index in [-0.39, 0.29) is 5.54 Å². The van der Waals surface area contributed by atoms with Crippen molar-refractivity contribution >= 4 is 17.6 Å². The number of fused-ring (bicyclic) bond motifs is 1. The minimum Gasteiger partial charge on any atom is -0.366 e. The lowest BCUT2D eigenvalue weighted by molar-refractivity contribution is 0.381. The van der Waals surface area contributed by atoms with Gasteiger partial charge in [-0.2, -0.15) is 0 Å². The first-order valence-electron chi connectivity index (χ1n) is 10.6. The molecule has 3 aromatic carbocycles. The van der Waals surface area contributed by atoms with Crippen molar-refractivity contribution in [3.8, 4) is 11.1 Å². The molecule has 0 fully saturated rings. The van der Waals surface area contributed by atoms with E-state index < -0.39 is 0 Å². The van der Waals surface area contributed by atoms with E-state index >= 15 is 0 Å². The Hall–Kier alpha value is -2.87. The molecule has 0 amide bonds. The Labute approximate surface area is 174 Å². The van der Waals surface area contributed by atoms with Crippen LogP contribution in [0.15, 0.2) is 77.8 Å². The smallest absolute Gasteiger partial charge is 0.0630 e. The number of aliphatic imine (C=N–C) groups is 1. The molecular formula is C27H30N2. The van der Waals surface area contributed by atoms with Crippen LogP contribution in [0.4, 0.5) is 11.4 Å². The van der Waals surface area contributed by atoms with Gasteiger partial charge in [0.25, 0.3) is 0 Å². The van der Waals surface area contributed by atoms with Crippen LogP contribution in [-0.2, 0) is 0 Å². The number of rotatable bonds is 4. The summed E-state index contributed by atoms with van der Waals surface area (Å²) in [6, 6.07) is 25.7. The quantitative estimate of drug-likeness (QED) is 0.435. The van der Waals surface area contributed by atoms with Crippen molar-refractivity contribution in [2.75, 3.05) is 11.4 Å². The normalized spacial score (nSPS) is 18.1. The third kappa shape index (κ3) is 3.98. The molecule has 0 aliphatic carbocycles. The van der Waals surface area contributed by atoms with E-state index in [0.29, 0.717) is 5.92 Å². The molecule has 2 nitrogen and oxygen atoms in total. The Morgan fingerprint density at radius 3 is 2.34 bits per heavy atom. The van der Waals surface area contributed by atoms with Crippen LogP contribution in [-0.4, -0.2) is 18.3 Å². The molecule has 1 unspecified atom stereocenters. The maximum Gasteiger partial charge on any atom is 0.0630 e. The van der Waals surface area contributed by atoms with Crippen molar-refractivity contribution in [3.05, 3.63) is 83.9 Å². The summed E-state index contributed by atoms with van der Waals surface area (Å²) in [5, 5.41) is 0. The van der Waals surface area contributed by atoms with Gasteiger partial charge in [-0.3, -0.25) is 4.99 Å². The van der Waals surface area contributed by atoms with Gasteiger partial charge in [0.1, 0.15) is 0 Å². The average molecular weight is 383 g/mol. The molecule has 29 heavy (non-hydrogen) atoms. The fraction of sp³-hybridized carbons (Fsp3) is 0.296. The number of benzene rings is 3. The number of hydrogen-bond donors (Lipinski definition) is 0. The monoisotopic (exact) mass is 382 g/mol. The summed E-state index contributed by atoms with van der Waals surface area (Å²) in [4.78, 5) is 7.25. The second kappa shape index (κ2) is 7.87. The van der Waals surface area contributed by atoms with Gasteiger partial charge in [-0.25, -0.2) is 0 Å². The molecule has 3 aromatic rings. The first kappa shape index (κ1) is 19.4. The van der Waals surface area contributed by atoms with E-state index in [1.807, 2.05) is 12.3 Å². The van der Waals surface area contributed by atoms with Gasteiger partial charge in [0.2, 0.25) is 0 Å². The lowest BCUT2D eigenvalue weighted by atomic mass is 9.79. The van der Waals surface area contributed by atoms with Gasteiger partial charge in [-0.1, -0.05) is 55.5 Å². The minimum atomic E-state index is 0.206. The number of nitrogens with zero attached hydrogens (tertiary/aromatic N) is 2. The van der Waals surface area contributed by atoms with Crippen molar-refractivity contribution in [3.63, 3.8) is 0 Å². The Kier molecular flexibility index (Phi) is 5.27. The first-order valence-corrected chi connectivity index (χ1v) is 10.6. The molecule has 0 saturated carbocycles. The van der Waals surface area contributed by atoms with Crippen LogP contribution in [0.3, 0.4) is 0 Å². The second-order valence-electron chi connectivity index (χ2n) is 8.65. The summed E-state index contributed by atoms with van der Waals surface area (Å²) in [6.07, 6.45) is 3.16. The molecule has 1 aliphatic heterocycles. The van der Waals surface area contributed by atoms with Gasteiger partial charge >= 0.3 is 0 Å². The van der Waals surface area contributed by atoms with Gasteiger partial charge in [-0.05, 0) is 79.6 Å². The Bertz CT molecular complexity index is 1000. The lowest BCUT2D eigenvalue weighted by Crippen LogP contribution is -2.48. The summed E-state index contributed by atoms with van der Waals surface area (Å²) in [7, 11) is 0. The zero-order valence-electron chi connectivity index (χ0n) is 17.9. The van der Waals surface area contributed by atoms with Gasteiger partial charge in [0.15, 0.2) is 0 Å². The van der Waals surface area contributed by atoms with E-state index in [1.165, 1.54) is 34.4 Å². The van der Waals surface area contributed by atoms with Gasteiger partial charge in [0.05, 0.1) is 5.69 Å². The van der Waals surface area contributed by atoms with Crippen LogP contribution in [0.2, 0.25) is 0 Å². The predicted octanol–water partition coefficient (Wildman–Crippen LogP) is 7.22. The van der Waals surface area contributed by atoms with Crippen molar-refractivity contribution in [1.29, 1.82) is 0 Å². The lowest BCUT2D eigenvalue weighted by Gasteiger charge is -2.47. The largest absolute Gasteiger partial charge is 0.366 e. The Morgan fingerprint density at radius 1 is 0.966 bits per heavy atom. The van der Waals surface area contributed by atoms with E-state index in [1.54, 1.807) is 0 Å². The highest BCUT2D eigenvalue weighted by molar-refractivity contribution is 5.84. The van der Waals surface area contributed by atoms with E-state index in [0.717, 1.165) is 12.2 Å². The topological polar surface area (TPSA) is 15.6 Å². The predicted molar refractivity (Wildman–Crippen MR) is 126 cm³/mol. The maximum atomic E-state index is 4.71. The number of hydrogen-bond acceptors (Lipinski definition) is 2. The highest BCUT2D eigenvalue weighted by Crippen LogP contribution is 2.43. The van der Waals surface area contributed by atoms with Crippen LogP contribution in [0.25, 0.3) is 11.1 Å². The van der Waals surface area contributed by atoms with Gasteiger partial charge < -0.3 is 4.90 Å². The molecule has 0 spiro atoms. The van der Waals surface area contributed by atoms with Gasteiger partial charge in [0, 0.05) is 24.0 Å². The molecule has 0 bridgehead atoms. The Morgan fingerprint density at radius 2 is 1.66 bits per heavy atom. The fourth-order valence-corrected chi connectivity index (χ4v) is 4.71. The molecule has 2 heteroatoms. The highest BCUT2D eigenvalue weighted by atomic mass is 15.2. The standard InChI is InChI=1S/C27H30N2/c1-5-29-26-16-11-21(17-25(26)20(2)18-27(29,3)4)19-28-24-14-12-23(13-15-24)22-9-7-6-8-10-22/h6-17,19-20H,5,18H2,1-4H3. The SMILES string of the molecule is CCN1c2ccc(C=Nc3ccc(-c4ccccc4)cc3)cc2C(C)CC1(C)C. The molecule has 1 aliphatic rings. The van der Waals surface area contributed by atoms with Crippen LogP contribution in [0.1, 0.15) is 51.2 Å². The van der Waals surface area contributed by atoms with Crippen molar-refractivity contribution in [2.45, 2.75) is 45.6 Å². The van der Waals surface area contributed by atoms with Crippen LogP contribution >= 0.6 is 0 Å². The molecule has 4 rings (SSSR count). The van der Waals surface area contributed by atoms with Gasteiger partial charge in [-0.15, -0.1) is 0 Å². The van der Waals surface area contributed by atoms with E-state index in [9.17, 15) is 0 Å². The molecule has 0 N–H and O–H groups in total. The van der Waals surface area contributed by atoms with Crippen LogP contribution < -0.4 is 4.90 Å². The third-order valence-electron chi connectivity index (χ3n) is 6.06. The molecule has 1 heterocycles. The summed E-state index contributed by atoms with van der Waals surface area (Å²) < 4.78 is 0. The average Bonchev–Trinajstić information content (AvgIpc) is 2.73. The fourth-order valence-electron chi connectivity index (χ4n) is 4.71. The first-order chi connectivity index (χ1) is 14.0. The van der Waals surface area contributed by atoms with Crippen LogP contribution in [0, 0.1) is 0 Å². The number of anilines is 1. The summed E-state index contributed by atoms with van der Waals surface area (Å²) in [5.41, 5.74) is 7.61. The molecule has 0 radical (unpaired) electrons. The van der Waals surface area contributed by atoms with Crippen molar-refractivity contribution in [1.82, 2.24) is 0 Å². The maximum absolute atomic E-state index is 4.71.